The van der Waals surface area contributed by atoms with E-state index in [-0.39, 0.29) is 0 Å². The maximum absolute atomic E-state index is 4.25. The van der Waals surface area contributed by atoms with Gasteiger partial charge in [-0.3, -0.25) is 0 Å². The molecular formula is C11H16S. The summed E-state index contributed by atoms with van der Waals surface area (Å²) in [5.74, 6) is 1.56. The normalized spacial score (nSPS) is 10.7. The fourth-order valence-corrected chi connectivity index (χ4v) is 1.69. The molecule has 0 aromatic heterocycles. The number of benzene rings is 1. The zero-order valence-electron chi connectivity index (χ0n) is 7.75. The summed E-state index contributed by atoms with van der Waals surface area (Å²) in [6, 6.07) is 8.62. The molecule has 0 aliphatic carbocycles. The Labute approximate surface area is 80.4 Å². The first-order valence-electron chi connectivity index (χ1n) is 4.44. The van der Waals surface area contributed by atoms with Crippen LogP contribution in [0.4, 0.5) is 0 Å². The lowest BCUT2D eigenvalue weighted by Crippen LogP contribution is -1.96. The lowest BCUT2D eigenvalue weighted by atomic mass is 9.96. The summed E-state index contributed by atoms with van der Waals surface area (Å²) in [6.07, 6.45) is 1.08. The van der Waals surface area contributed by atoms with E-state index in [1.807, 2.05) is 0 Å². The average molecular weight is 180 g/mol. The molecule has 1 aromatic rings. The molecule has 1 heteroatoms. The second-order valence-electron chi connectivity index (χ2n) is 3.33. The van der Waals surface area contributed by atoms with Gasteiger partial charge in [0.15, 0.2) is 0 Å². The van der Waals surface area contributed by atoms with E-state index in [0.717, 1.165) is 12.2 Å². The van der Waals surface area contributed by atoms with Crippen molar-refractivity contribution in [2.24, 2.45) is 0 Å². The van der Waals surface area contributed by atoms with E-state index in [2.05, 4.69) is 50.7 Å². The van der Waals surface area contributed by atoms with E-state index in [9.17, 15) is 0 Å². The van der Waals surface area contributed by atoms with Gasteiger partial charge in [-0.25, -0.2) is 0 Å². The Kier molecular flexibility index (Phi) is 3.67. The van der Waals surface area contributed by atoms with Crippen LogP contribution in [0.15, 0.2) is 24.3 Å². The Morgan fingerprint density at radius 2 is 1.92 bits per heavy atom. The molecule has 0 saturated carbocycles. The molecule has 0 aliphatic rings. The molecule has 0 spiro atoms. The van der Waals surface area contributed by atoms with Crippen molar-refractivity contribution in [2.45, 2.75) is 26.2 Å². The fraction of sp³-hybridized carbons (Fsp3) is 0.455. The summed E-state index contributed by atoms with van der Waals surface area (Å²) in [7, 11) is 0. The Morgan fingerprint density at radius 1 is 1.25 bits per heavy atom. The third-order valence-corrected chi connectivity index (χ3v) is 2.28. The van der Waals surface area contributed by atoms with Gasteiger partial charge in [-0.05, 0) is 29.2 Å². The van der Waals surface area contributed by atoms with Crippen LogP contribution in [0.5, 0.6) is 0 Å². The number of aryl methyl sites for hydroxylation is 1. The highest BCUT2D eigenvalue weighted by atomic mass is 32.1. The molecule has 1 rings (SSSR count). The molecule has 0 unspecified atom stereocenters. The monoisotopic (exact) mass is 180 g/mol. The maximum atomic E-state index is 4.25. The van der Waals surface area contributed by atoms with Crippen LogP contribution in [-0.2, 0) is 6.42 Å². The van der Waals surface area contributed by atoms with E-state index in [1.165, 1.54) is 11.1 Å². The predicted octanol–water partition coefficient (Wildman–Crippen LogP) is 3.28. The van der Waals surface area contributed by atoms with Crippen LogP contribution in [0, 0.1) is 0 Å². The summed E-state index contributed by atoms with van der Waals surface area (Å²) in [6.45, 7) is 4.47. The Morgan fingerprint density at radius 3 is 2.50 bits per heavy atom. The molecule has 0 fully saturated rings. The number of hydrogen-bond acceptors (Lipinski definition) is 1. The quantitative estimate of drug-likeness (QED) is 0.678. The third kappa shape index (κ3) is 2.28. The van der Waals surface area contributed by atoms with Gasteiger partial charge in [0.05, 0.1) is 0 Å². The van der Waals surface area contributed by atoms with Crippen LogP contribution >= 0.6 is 12.6 Å². The standard InChI is InChI=1S/C11H16S/c1-9(2)11-6-4-3-5-10(11)7-8-12/h3-6,9,12H,7-8H2,1-2H3. The summed E-state index contributed by atoms with van der Waals surface area (Å²) in [5.41, 5.74) is 2.91. The maximum Gasteiger partial charge on any atom is -0.00573 e. The van der Waals surface area contributed by atoms with E-state index in [0.29, 0.717) is 5.92 Å². The van der Waals surface area contributed by atoms with Gasteiger partial charge in [0.1, 0.15) is 0 Å². The SMILES string of the molecule is CC(C)c1ccccc1CCS. The van der Waals surface area contributed by atoms with E-state index in [4.69, 9.17) is 0 Å². The summed E-state index contributed by atoms with van der Waals surface area (Å²) in [4.78, 5) is 0. The third-order valence-electron chi connectivity index (χ3n) is 2.06. The molecule has 12 heavy (non-hydrogen) atoms. The average Bonchev–Trinajstić information content (AvgIpc) is 2.05. The first kappa shape index (κ1) is 9.66. The summed E-state index contributed by atoms with van der Waals surface area (Å²) in [5, 5.41) is 0. The van der Waals surface area contributed by atoms with Crippen molar-refractivity contribution in [2.75, 3.05) is 5.75 Å². The smallest absolute Gasteiger partial charge is 0.00573 e. The molecule has 0 nitrogen and oxygen atoms in total. The first-order valence-corrected chi connectivity index (χ1v) is 5.07. The van der Waals surface area contributed by atoms with Crippen molar-refractivity contribution >= 4 is 12.6 Å². The fourth-order valence-electron chi connectivity index (χ4n) is 1.45. The minimum Gasteiger partial charge on any atom is -0.179 e. The van der Waals surface area contributed by atoms with E-state index in [1.54, 1.807) is 0 Å². The lowest BCUT2D eigenvalue weighted by molar-refractivity contribution is 0.846. The van der Waals surface area contributed by atoms with Gasteiger partial charge in [-0.2, -0.15) is 12.6 Å². The second-order valence-corrected chi connectivity index (χ2v) is 3.77. The number of thiol groups is 1. The van der Waals surface area contributed by atoms with Crippen LogP contribution in [0.1, 0.15) is 30.9 Å². The molecule has 1 aromatic carbocycles. The van der Waals surface area contributed by atoms with Crippen molar-refractivity contribution in [1.82, 2.24) is 0 Å². The van der Waals surface area contributed by atoms with Crippen molar-refractivity contribution in [1.29, 1.82) is 0 Å². The molecule has 0 aliphatic heterocycles. The van der Waals surface area contributed by atoms with Crippen LogP contribution in [0.3, 0.4) is 0 Å². The minimum absolute atomic E-state index is 0.626. The van der Waals surface area contributed by atoms with Gasteiger partial charge in [-0.1, -0.05) is 38.1 Å². The molecule has 0 heterocycles. The Hall–Kier alpha value is -0.430. The zero-order valence-corrected chi connectivity index (χ0v) is 8.64. The van der Waals surface area contributed by atoms with Gasteiger partial charge in [0.25, 0.3) is 0 Å². The summed E-state index contributed by atoms with van der Waals surface area (Å²) >= 11 is 4.25. The number of hydrogen-bond donors (Lipinski definition) is 1. The predicted molar refractivity (Wildman–Crippen MR) is 58.1 cm³/mol. The van der Waals surface area contributed by atoms with Crippen molar-refractivity contribution in [3.8, 4) is 0 Å². The highest BCUT2D eigenvalue weighted by Gasteiger charge is 2.03. The molecule has 66 valence electrons. The molecule has 0 radical (unpaired) electrons. The second kappa shape index (κ2) is 4.56. The topological polar surface area (TPSA) is 0 Å². The van der Waals surface area contributed by atoms with Crippen molar-refractivity contribution < 1.29 is 0 Å². The Balaban J connectivity index is 2.92. The highest BCUT2D eigenvalue weighted by Crippen LogP contribution is 2.19. The van der Waals surface area contributed by atoms with Crippen LogP contribution in [0.25, 0.3) is 0 Å². The zero-order chi connectivity index (χ0) is 8.97. The van der Waals surface area contributed by atoms with Crippen molar-refractivity contribution in [3.05, 3.63) is 35.4 Å². The largest absolute Gasteiger partial charge is 0.179 e. The van der Waals surface area contributed by atoms with Gasteiger partial charge >= 0.3 is 0 Å². The van der Waals surface area contributed by atoms with Gasteiger partial charge in [0, 0.05) is 0 Å². The minimum atomic E-state index is 0.626. The van der Waals surface area contributed by atoms with Crippen LogP contribution in [0.2, 0.25) is 0 Å². The van der Waals surface area contributed by atoms with Gasteiger partial charge < -0.3 is 0 Å². The molecular weight excluding hydrogens is 164 g/mol. The van der Waals surface area contributed by atoms with E-state index < -0.39 is 0 Å². The van der Waals surface area contributed by atoms with Crippen LogP contribution in [-0.4, -0.2) is 5.75 Å². The first-order chi connectivity index (χ1) is 5.75. The van der Waals surface area contributed by atoms with Gasteiger partial charge in [0.2, 0.25) is 0 Å². The number of rotatable bonds is 3. The summed E-state index contributed by atoms with van der Waals surface area (Å²) < 4.78 is 0. The molecule has 0 amide bonds. The lowest BCUT2D eigenvalue weighted by Gasteiger charge is -2.10. The Bertz CT molecular complexity index is 241. The highest BCUT2D eigenvalue weighted by molar-refractivity contribution is 7.80. The molecule has 0 bridgehead atoms. The van der Waals surface area contributed by atoms with Gasteiger partial charge in [-0.15, -0.1) is 0 Å². The van der Waals surface area contributed by atoms with Crippen LogP contribution < -0.4 is 0 Å². The molecule has 0 atom stereocenters. The molecule has 0 saturated heterocycles. The van der Waals surface area contributed by atoms with Crippen molar-refractivity contribution in [3.63, 3.8) is 0 Å². The van der Waals surface area contributed by atoms with E-state index >= 15 is 0 Å². The molecule has 0 N–H and O–H groups in total.